The van der Waals surface area contributed by atoms with Gasteiger partial charge in [-0.2, -0.15) is 0 Å². The van der Waals surface area contributed by atoms with Crippen LogP contribution in [-0.2, 0) is 4.74 Å². The molecule has 0 amide bonds. The number of nitrogens with zero attached hydrogens (tertiary/aromatic N) is 1. The van der Waals surface area contributed by atoms with E-state index in [4.69, 9.17) is 9.72 Å². The molecule has 126 valence electrons. The van der Waals surface area contributed by atoms with Gasteiger partial charge >= 0.3 is 0 Å². The van der Waals surface area contributed by atoms with Crippen LogP contribution in [0.15, 0.2) is 24.3 Å². The molecule has 1 atom stereocenters. The Labute approximate surface area is 138 Å². The molecule has 1 aliphatic heterocycles. The van der Waals surface area contributed by atoms with Gasteiger partial charge in [-0.1, -0.05) is 60.6 Å². The molecule has 1 aliphatic rings. The SMILES string of the molecule is CC.CC.CCC(c1cccc(C2=CCOCC2)n1)C(C)C. The van der Waals surface area contributed by atoms with Gasteiger partial charge in [-0.15, -0.1) is 0 Å². The van der Waals surface area contributed by atoms with E-state index in [-0.39, 0.29) is 0 Å². The minimum absolute atomic E-state index is 0.561. The highest BCUT2D eigenvalue weighted by molar-refractivity contribution is 5.63. The van der Waals surface area contributed by atoms with Crippen molar-refractivity contribution in [2.24, 2.45) is 5.92 Å². The summed E-state index contributed by atoms with van der Waals surface area (Å²) in [6.07, 6.45) is 4.29. The van der Waals surface area contributed by atoms with Gasteiger partial charge in [-0.3, -0.25) is 4.98 Å². The van der Waals surface area contributed by atoms with Gasteiger partial charge in [-0.05, 0) is 36.5 Å². The lowest BCUT2D eigenvalue weighted by atomic mass is 9.89. The van der Waals surface area contributed by atoms with E-state index in [0.29, 0.717) is 11.8 Å². The molecular weight excluding hydrogens is 270 g/mol. The number of ether oxygens (including phenoxy) is 1. The summed E-state index contributed by atoms with van der Waals surface area (Å²) < 4.78 is 5.35. The van der Waals surface area contributed by atoms with E-state index < -0.39 is 0 Å². The van der Waals surface area contributed by atoms with Crippen LogP contribution < -0.4 is 0 Å². The van der Waals surface area contributed by atoms with Gasteiger partial charge in [0.1, 0.15) is 0 Å². The summed E-state index contributed by atoms with van der Waals surface area (Å²) in [6.45, 7) is 16.3. The zero-order valence-electron chi connectivity index (χ0n) is 15.6. The first-order valence-electron chi connectivity index (χ1n) is 8.96. The first-order chi connectivity index (χ1) is 10.7. The van der Waals surface area contributed by atoms with Crippen LogP contribution in [0.2, 0.25) is 0 Å². The van der Waals surface area contributed by atoms with Gasteiger partial charge in [0.25, 0.3) is 0 Å². The fraction of sp³-hybridized carbons (Fsp3) is 0.650. The van der Waals surface area contributed by atoms with Crippen LogP contribution in [0, 0.1) is 5.92 Å². The maximum atomic E-state index is 5.35. The van der Waals surface area contributed by atoms with Crippen molar-refractivity contribution in [3.63, 3.8) is 0 Å². The Hall–Kier alpha value is -1.15. The van der Waals surface area contributed by atoms with E-state index in [0.717, 1.165) is 31.7 Å². The molecule has 0 saturated heterocycles. The lowest BCUT2D eigenvalue weighted by molar-refractivity contribution is 0.161. The molecule has 0 fully saturated rings. The first-order valence-corrected chi connectivity index (χ1v) is 8.96. The van der Waals surface area contributed by atoms with Crippen molar-refractivity contribution in [1.82, 2.24) is 4.98 Å². The van der Waals surface area contributed by atoms with Crippen LogP contribution in [0.3, 0.4) is 0 Å². The molecule has 2 nitrogen and oxygen atoms in total. The average molecular weight is 306 g/mol. The van der Waals surface area contributed by atoms with Crippen LogP contribution >= 0.6 is 0 Å². The second-order valence-electron chi connectivity index (χ2n) is 5.26. The second kappa shape index (κ2) is 12.4. The Bertz CT molecular complexity index is 423. The highest BCUT2D eigenvalue weighted by atomic mass is 16.5. The van der Waals surface area contributed by atoms with E-state index in [1.54, 1.807) is 0 Å². The number of aromatic nitrogens is 1. The lowest BCUT2D eigenvalue weighted by Crippen LogP contribution is -2.10. The summed E-state index contributed by atoms with van der Waals surface area (Å²) in [4.78, 5) is 4.86. The Morgan fingerprint density at radius 1 is 1.14 bits per heavy atom. The molecule has 0 N–H and O–H groups in total. The Morgan fingerprint density at radius 2 is 1.82 bits per heavy atom. The third kappa shape index (κ3) is 6.31. The van der Waals surface area contributed by atoms with E-state index in [9.17, 15) is 0 Å². The maximum absolute atomic E-state index is 5.35. The molecule has 0 saturated carbocycles. The molecule has 1 unspecified atom stereocenters. The van der Waals surface area contributed by atoms with Crippen molar-refractivity contribution >= 4 is 5.57 Å². The number of pyridine rings is 1. The van der Waals surface area contributed by atoms with Crippen molar-refractivity contribution in [2.75, 3.05) is 13.2 Å². The van der Waals surface area contributed by atoms with Gasteiger partial charge in [0.2, 0.25) is 0 Å². The van der Waals surface area contributed by atoms with E-state index in [2.05, 4.69) is 45.0 Å². The Balaban J connectivity index is 0.00000102. The summed E-state index contributed by atoms with van der Waals surface area (Å²) in [5.74, 6) is 1.20. The molecule has 1 aromatic heterocycles. The minimum atomic E-state index is 0.561. The van der Waals surface area contributed by atoms with E-state index in [1.165, 1.54) is 11.3 Å². The van der Waals surface area contributed by atoms with Crippen molar-refractivity contribution in [2.45, 2.75) is 67.2 Å². The summed E-state index contributed by atoms with van der Waals surface area (Å²) in [5.41, 5.74) is 3.70. The number of hydrogen-bond donors (Lipinski definition) is 0. The molecule has 22 heavy (non-hydrogen) atoms. The molecule has 0 radical (unpaired) electrons. The standard InChI is InChI=1S/C16H23NO.2C2H6/c1-4-14(12(2)3)16-7-5-6-15(17-16)13-8-10-18-11-9-13;2*1-2/h5-8,12,14H,4,9-11H2,1-3H3;2*1-2H3. The lowest BCUT2D eigenvalue weighted by Gasteiger charge is -2.20. The quantitative estimate of drug-likeness (QED) is 0.671. The van der Waals surface area contributed by atoms with Crippen molar-refractivity contribution in [3.05, 3.63) is 35.7 Å². The smallest absolute Gasteiger partial charge is 0.0663 e. The van der Waals surface area contributed by atoms with Crippen molar-refractivity contribution in [3.8, 4) is 0 Å². The molecular formula is C20H35NO. The Morgan fingerprint density at radius 3 is 2.32 bits per heavy atom. The third-order valence-electron chi connectivity index (χ3n) is 3.69. The second-order valence-corrected chi connectivity index (χ2v) is 5.26. The monoisotopic (exact) mass is 305 g/mol. The highest BCUT2D eigenvalue weighted by Crippen LogP contribution is 2.28. The molecule has 2 heterocycles. The molecule has 0 aliphatic carbocycles. The average Bonchev–Trinajstić information content (AvgIpc) is 2.60. The van der Waals surface area contributed by atoms with Gasteiger partial charge in [-0.25, -0.2) is 0 Å². The Kier molecular flexibility index (Phi) is 11.8. The highest BCUT2D eigenvalue weighted by Gasteiger charge is 2.16. The van der Waals surface area contributed by atoms with Gasteiger partial charge in [0.15, 0.2) is 0 Å². The first kappa shape index (κ1) is 20.9. The topological polar surface area (TPSA) is 22.1 Å². The van der Waals surface area contributed by atoms with Crippen LogP contribution in [0.25, 0.3) is 5.57 Å². The molecule has 0 bridgehead atoms. The van der Waals surface area contributed by atoms with Gasteiger partial charge in [0.05, 0.1) is 18.9 Å². The number of hydrogen-bond acceptors (Lipinski definition) is 2. The summed E-state index contributed by atoms with van der Waals surface area (Å²) >= 11 is 0. The predicted octanol–water partition coefficient (Wildman–Crippen LogP) is 6.09. The van der Waals surface area contributed by atoms with E-state index in [1.807, 2.05) is 27.7 Å². The molecule has 1 aromatic rings. The predicted molar refractivity (Wildman–Crippen MR) is 98.2 cm³/mol. The summed E-state index contributed by atoms with van der Waals surface area (Å²) in [7, 11) is 0. The summed E-state index contributed by atoms with van der Waals surface area (Å²) in [5, 5.41) is 0. The largest absolute Gasteiger partial charge is 0.377 e. The van der Waals surface area contributed by atoms with Crippen molar-refractivity contribution in [1.29, 1.82) is 0 Å². The normalized spacial score (nSPS) is 15.0. The molecule has 0 aromatic carbocycles. The summed E-state index contributed by atoms with van der Waals surface area (Å²) in [6, 6.07) is 6.42. The van der Waals surface area contributed by atoms with Crippen LogP contribution in [0.5, 0.6) is 0 Å². The van der Waals surface area contributed by atoms with E-state index >= 15 is 0 Å². The zero-order chi connectivity index (χ0) is 17.0. The van der Waals surface area contributed by atoms with Crippen molar-refractivity contribution < 1.29 is 4.74 Å². The maximum Gasteiger partial charge on any atom is 0.0663 e. The van der Waals surface area contributed by atoms with Crippen LogP contribution in [0.1, 0.15) is 78.6 Å². The third-order valence-corrected chi connectivity index (χ3v) is 3.69. The van der Waals surface area contributed by atoms with Gasteiger partial charge < -0.3 is 4.74 Å². The zero-order valence-corrected chi connectivity index (χ0v) is 15.6. The molecule has 0 spiro atoms. The van der Waals surface area contributed by atoms with Crippen LogP contribution in [-0.4, -0.2) is 18.2 Å². The van der Waals surface area contributed by atoms with Crippen LogP contribution in [0.4, 0.5) is 0 Å². The molecule has 2 rings (SSSR count). The fourth-order valence-electron chi connectivity index (χ4n) is 2.62. The number of rotatable bonds is 4. The fourth-order valence-corrected chi connectivity index (χ4v) is 2.62. The van der Waals surface area contributed by atoms with Gasteiger partial charge in [0, 0.05) is 11.6 Å². The molecule has 2 heteroatoms. The minimum Gasteiger partial charge on any atom is -0.377 e.